The number of nitrogens with one attached hydrogen (secondary N) is 2. The van der Waals surface area contributed by atoms with E-state index >= 15 is 0 Å². The summed E-state index contributed by atoms with van der Waals surface area (Å²) in [6, 6.07) is 2.14. The lowest BCUT2D eigenvalue weighted by Crippen LogP contribution is -2.55. The van der Waals surface area contributed by atoms with E-state index < -0.39 is 60.6 Å². The van der Waals surface area contributed by atoms with E-state index in [1.807, 2.05) is 0 Å². The highest BCUT2D eigenvalue weighted by molar-refractivity contribution is 6.01. The summed E-state index contributed by atoms with van der Waals surface area (Å²) in [5.74, 6) is -7.42. The lowest BCUT2D eigenvalue weighted by atomic mass is 10.1. The number of halogens is 6. The molecule has 0 bridgehead atoms. The van der Waals surface area contributed by atoms with Crippen LogP contribution in [-0.4, -0.2) is 61.8 Å². The standard InChI is InChI=1S/C18H19F6N3O5/c1-8-13(15(29)27(3)11-6-10(19)4-5-12(11)31-8)26-14(28)9(2)32-16(30)25-7-17(20,21)18(22,23)24/h4-6,8-9,13H,7H2,1-3H3,(H,25,30)(H,26,28)/t8?,9-,13-/m0/s1. The molecule has 0 saturated heterocycles. The highest BCUT2D eigenvalue weighted by Crippen LogP contribution is 2.35. The number of hydrogen-bond donors (Lipinski definition) is 2. The molecule has 1 unspecified atom stereocenters. The largest absolute Gasteiger partial charge is 0.486 e. The van der Waals surface area contributed by atoms with Crippen molar-refractivity contribution in [3.8, 4) is 5.75 Å². The van der Waals surface area contributed by atoms with Crippen LogP contribution in [0.1, 0.15) is 13.8 Å². The summed E-state index contributed by atoms with van der Waals surface area (Å²) in [6.07, 6.45) is -10.2. The van der Waals surface area contributed by atoms with E-state index in [0.717, 1.165) is 24.0 Å². The zero-order valence-corrected chi connectivity index (χ0v) is 16.9. The van der Waals surface area contributed by atoms with Gasteiger partial charge in [-0.05, 0) is 26.0 Å². The molecule has 0 spiro atoms. The van der Waals surface area contributed by atoms with E-state index in [1.165, 1.54) is 25.4 Å². The Hall–Kier alpha value is -3.19. The van der Waals surface area contributed by atoms with Crippen LogP contribution >= 0.6 is 0 Å². The number of carbonyl (C=O) groups is 3. The van der Waals surface area contributed by atoms with Crippen molar-refractivity contribution in [2.45, 2.75) is 44.2 Å². The Balaban J connectivity index is 2.00. The third-order valence-corrected chi connectivity index (χ3v) is 4.48. The van der Waals surface area contributed by atoms with Crippen molar-refractivity contribution >= 4 is 23.6 Å². The van der Waals surface area contributed by atoms with E-state index in [0.29, 0.717) is 0 Å². The summed E-state index contributed by atoms with van der Waals surface area (Å²) in [5, 5.41) is 3.48. The highest BCUT2D eigenvalue weighted by Gasteiger charge is 2.57. The first kappa shape index (κ1) is 25.1. The van der Waals surface area contributed by atoms with Crippen molar-refractivity contribution in [1.82, 2.24) is 10.6 Å². The predicted molar refractivity (Wildman–Crippen MR) is 96.8 cm³/mol. The normalized spacial score (nSPS) is 19.9. The SMILES string of the molecule is CC1Oc2ccc(F)cc2N(C)C(=O)[C@H]1NC(=O)[C@H](C)OC(=O)NCC(F)(F)C(F)(F)F. The molecule has 1 aromatic carbocycles. The number of likely N-dealkylation sites (N-methyl/N-ethyl adjacent to an activating group) is 1. The van der Waals surface area contributed by atoms with Crippen molar-refractivity contribution in [3.05, 3.63) is 24.0 Å². The molecule has 0 radical (unpaired) electrons. The molecule has 1 heterocycles. The number of alkyl halides is 5. The van der Waals surface area contributed by atoms with Crippen LogP contribution in [0.25, 0.3) is 0 Å². The van der Waals surface area contributed by atoms with Crippen LogP contribution in [0.3, 0.4) is 0 Å². The number of nitrogens with zero attached hydrogens (tertiary/aromatic N) is 1. The van der Waals surface area contributed by atoms with Crippen LogP contribution in [0.5, 0.6) is 5.75 Å². The number of benzene rings is 1. The number of alkyl carbamates (subject to hydrolysis) is 1. The van der Waals surface area contributed by atoms with Gasteiger partial charge < -0.3 is 25.0 Å². The molecule has 0 aliphatic carbocycles. The number of anilines is 1. The summed E-state index contributed by atoms with van der Waals surface area (Å²) < 4.78 is 85.6. The van der Waals surface area contributed by atoms with E-state index in [-0.39, 0.29) is 11.4 Å². The van der Waals surface area contributed by atoms with Crippen molar-refractivity contribution < 1.29 is 50.2 Å². The van der Waals surface area contributed by atoms with E-state index in [2.05, 4.69) is 10.1 Å². The molecule has 178 valence electrons. The lowest BCUT2D eigenvalue weighted by Gasteiger charge is -2.25. The van der Waals surface area contributed by atoms with Gasteiger partial charge in [0.2, 0.25) is 0 Å². The molecule has 1 aliphatic rings. The van der Waals surface area contributed by atoms with Gasteiger partial charge in [0.15, 0.2) is 6.10 Å². The first-order valence-corrected chi connectivity index (χ1v) is 9.07. The van der Waals surface area contributed by atoms with Crippen molar-refractivity contribution in [2.75, 3.05) is 18.5 Å². The second kappa shape index (κ2) is 9.12. The maximum absolute atomic E-state index is 13.5. The van der Waals surface area contributed by atoms with Gasteiger partial charge in [0.05, 0.1) is 12.2 Å². The number of hydrogen-bond acceptors (Lipinski definition) is 5. The molecule has 3 amide bonds. The molecule has 32 heavy (non-hydrogen) atoms. The second-order valence-electron chi connectivity index (χ2n) is 6.92. The average molecular weight is 471 g/mol. The fraction of sp³-hybridized carbons (Fsp3) is 0.500. The molecule has 0 saturated carbocycles. The molecule has 0 aromatic heterocycles. The number of fused-ring (bicyclic) bond motifs is 1. The van der Waals surface area contributed by atoms with Gasteiger partial charge >= 0.3 is 18.2 Å². The van der Waals surface area contributed by atoms with Crippen LogP contribution in [0, 0.1) is 5.82 Å². The van der Waals surface area contributed by atoms with Gasteiger partial charge in [0.25, 0.3) is 11.8 Å². The Labute approximate surface area is 177 Å². The highest BCUT2D eigenvalue weighted by atomic mass is 19.4. The van der Waals surface area contributed by atoms with Gasteiger partial charge in [-0.25, -0.2) is 9.18 Å². The lowest BCUT2D eigenvalue weighted by molar-refractivity contribution is -0.278. The summed E-state index contributed by atoms with van der Waals surface area (Å²) in [7, 11) is 1.31. The third-order valence-electron chi connectivity index (χ3n) is 4.48. The molecule has 2 N–H and O–H groups in total. The Morgan fingerprint density at radius 2 is 1.88 bits per heavy atom. The molecule has 2 rings (SSSR count). The summed E-state index contributed by atoms with van der Waals surface area (Å²) in [4.78, 5) is 37.6. The minimum atomic E-state index is -5.88. The van der Waals surface area contributed by atoms with E-state index in [1.54, 1.807) is 0 Å². The average Bonchev–Trinajstić information content (AvgIpc) is 2.76. The number of amides is 3. The Kier molecular flexibility index (Phi) is 7.15. The Morgan fingerprint density at radius 3 is 2.47 bits per heavy atom. The van der Waals surface area contributed by atoms with E-state index in [4.69, 9.17) is 4.74 Å². The first-order chi connectivity index (χ1) is 14.6. The zero-order valence-electron chi connectivity index (χ0n) is 16.9. The summed E-state index contributed by atoms with van der Waals surface area (Å²) >= 11 is 0. The topological polar surface area (TPSA) is 97.0 Å². The van der Waals surface area contributed by atoms with Gasteiger partial charge in [0, 0.05) is 13.1 Å². The molecule has 8 nitrogen and oxygen atoms in total. The molecule has 3 atom stereocenters. The van der Waals surface area contributed by atoms with Gasteiger partial charge in [-0.1, -0.05) is 0 Å². The molecule has 1 aromatic rings. The summed E-state index contributed by atoms with van der Waals surface area (Å²) in [6.45, 7) is 0.360. The van der Waals surface area contributed by atoms with Crippen LogP contribution in [0.2, 0.25) is 0 Å². The fourth-order valence-electron chi connectivity index (χ4n) is 2.64. The van der Waals surface area contributed by atoms with Crippen molar-refractivity contribution in [2.24, 2.45) is 0 Å². The van der Waals surface area contributed by atoms with E-state index in [9.17, 15) is 40.7 Å². The Bertz CT molecular complexity index is 894. The number of ether oxygens (including phenoxy) is 2. The van der Waals surface area contributed by atoms with Gasteiger partial charge in [-0.3, -0.25) is 9.59 Å². The van der Waals surface area contributed by atoms with Crippen LogP contribution in [-0.2, 0) is 14.3 Å². The monoisotopic (exact) mass is 471 g/mol. The van der Waals surface area contributed by atoms with Crippen LogP contribution < -0.4 is 20.3 Å². The first-order valence-electron chi connectivity index (χ1n) is 9.07. The molecule has 0 fully saturated rings. The maximum atomic E-state index is 13.5. The van der Waals surface area contributed by atoms with Crippen LogP contribution in [0.4, 0.5) is 36.8 Å². The Morgan fingerprint density at radius 1 is 1.25 bits per heavy atom. The maximum Gasteiger partial charge on any atom is 0.455 e. The minimum absolute atomic E-state index is 0.105. The third kappa shape index (κ3) is 5.53. The van der Waals surface area contributed by atoms with Crippen molar-refractivity contribution in [3.63, 3.8) is 0 Å². The van der Waals surface area contributed by atoms with Gasteiger partial charge in [0.1, 0.15) is 23.7 Å². The molecule has 1 aliphatic heterocycles. The molecular weight excluding hydrogens is 452 g/mol. The summed E-state index contributed by atoms with van der Waals surface area (Å²) in [5.41, 5.74) is 0.105. The number of rotatable bonds is 5. The fourth-order valence-corrected chi connectivity index (χ4v) is 2.64. The predicted octanol–water partition coefficient (Wildman–Crippen LogP) is 2.37. The van der Waals surface area contributed by atoms with Crippen LogP contribution in [0.15, 0.2) is 18.2 Å². The quantitative estimate of drug-likeness (QED) is 0.643. The number of carbonyl (C=O) groups excluding carboxylic acids is 3. The van der Waals surface area contributed by atoms with Crippen molar-refractivity contribution in [1.29, 1.82) is 0 Å². The second-order valence-corrected chi connectivity index (χ2v) is 6.92. The minimum Gasteiger partial charge on any atom is -0.486 e. The van der Waals surface area contributed by atoms with Gasteiger partial charge in [-0.2, -0.15) is 22.0 Å². The smallest absolute Gasteiger partial charge is 0.455 e. The zero-order chi connectivity index (χ0) is 24.4. The molecule has 14 heteroatoms. The van der Waals surface area contributed by atoms with Gasteiger partial charge in [-0.15, -0.1) is 0 Å². The molecular formula is C18H19F6N3O5.